The van der Waals surface area contributed by atoms with Gasteiger partial charge in [-0.05, 0) is 77.4 Å². The van der Waals surface area contributed by atoms with E-state index in [0.29, 0.717) is 45.9 Å². The minimum absolute atomic E-state index is 0.121. The van der Waals surface area contributed by atoms with Gasteiger partial charge < -0.3 is 9.47 Å². The Morgan fingerprint density at radius 2 is 1.16 bits per heavy atom. The summed E-state index contributed by atoms with van der Waals surface area (Å²) in [5, 5.41) is 0.741. The lowest BCUT2D eigenvalue weighted by molar-refractivity contribution is -0.119. The fourth-order valence-corrected chi connectivity index (χ4v) is 15.8. The average Bonchev–Trinajstić information content (AvgIpc) is 3.72. The van der Waals surface area contributed by atoms with Crippen molar-refractivity contribution >= 4 is 29.3 Å². The molecule has 5 fully saturated rings. The van der Waals surface area contributed by atoms with E-state index >= 15 is 0 Å². The van der Waals surface area contributed by atoms with Crippen LogP contribution in [0.1, 0.15) is 115 Å². The van der Waals surface area contributed by atoms with E-state index in [9.17, 15) is 4.79 Å². The van der Waals surface area contributed by atoms with Gasteiger partial charge in [0, 0.05) is 38.1 Å². The van der Waals surface area contributed by atoms with E-state index in [4.69, 9.17) is 9.47 Å². The summed E-state index contributed by atoms with van der Waals surface area (Å²) >= 11 is 4.10. The minimum atomic E-state index is 0.121. The lowest BCUT2D eigenvalue weighted by Crippen LogP contribution is -2.42. The number of hydrogen-bond acceptors (Lipinski definition) is 5. The van der Waals surface area contributed by atoms with Gasteiger partial charge in [-0.2, -0.15) is 0 Å². The molecule has 7 rings (SSSR count). The zero-order chi connectivity index (χ0) is 32.7. The second kappa shape index (κ2) is 10.4. The van der Waals surface area contributed by atoms with Crippen molar-refractivity contribution in [3.63, 3.8) is 0 Å². The first-order valence-corrected chi connectivity index (χ1v) is 20.0. The lowest BCUT2D eigenvalue weighted by Gasteiger charge is -2.41. The normalized spacial score (nSPS) is 47.2. The number of thioether (sulfide) groups is 2. The summed E-state index contributed by atoms with van der Waals surface area (Å²) in [4.78, 5) is 17.3. The van der Waals surface area contributed by atoms with Gasteiger partial charge >= 0.3 is 0 Å². The van der Waals surface area contributed by atoms with Crippen LogP contribution in [0.4, 0.5) is 0 Å². The maximum atomic E-state index is 14.7. The van der Waals surface area contributed by atoms with Crippen LogP contribution in [-0.2, 0) is 14.3 Å². The lowest BCUT2D eigenvalue weighted by atomic mass is 9.70. The molecule has 0 heterocycles. The van der Waals surface area contributed by atoms with Crippen molar-refractivity contribution < 1.29 is 14.3 Å². The third kappa shape index (κ3) is 4.75. The summed E-state index contributed by atoms with van der Waals surface area (Å²) in [6.45, 7) is 30.3. The quantitative estimate of drug-likeness (QED) is 0.244. The highest BCUT2D eigenvalue weighted by Crippen LogP contribution is 2.73. The van der Waals surface area contributed by atoms with Crippen LogP contribution in [0.15, 0.2) is 22.0 Å². The van der Waals surface area contributed by atoms with Gasteiger partial charge in [-0.1, -0.05) is 95.2 Å². The Kier molecular flexibility index (Phi) is 7.69. The molecule has 6 bridgehead atoms. The topological polar surface area (TPSA) is 35.5 Å². The van der Waals surface area contributed by atoms with Crippen molar-refractivity contribution in [1.82, 2.24) is 0 Å². The molecule has 3 nitrogen and oxygen atoms in total. The van der Waals surface area contributed by atoms with Gasteiger partial charge in [0.15, 0.2) is 5.78 Å². The van der Waals surface area contributed by atoms with E-state index in [1.165, 1.54) is 37.0 Å². The zero-order valence-corrected chi connectivity index (χ0v) is 32.1. The largest absolute Gasteiger partial charge is 0.376 e. The third-order valence-electron chi connectivity index (χ3n) is 14.8. The van der Waals surface area contributed by atoms with Gasteiger partial charge in [-0.25, -0.2) is 0 Å². The maximum Gasteiger partial charge on any atom is 0.174 e. The Morgan fingerprint density at radius 1 is 0.711 bits per heavy atom. The van der Waals surface area contributed by atoms with Gasteiger partial charge in [-0.3, -0.25) is 4.79 Å². The standard InChI is InChI=1S/C40H62O3S2/c1-35(2,3)20-42-33-29(24-15-17-39(33,11)37(24,7)8)44-31-27-23-14-13-22(19-23)26(27)28(41)32(31)45-30-25-16-18-40(12,38(25,9)10)34(30)43-21-36(4,5)6/h13-14,22-27,29-30,33-34H,15-21H2,1-12H3/t22?,23?,24-,25-,26?,27?,29-,30-,33-,34-,39+,40+/m1/s1. The van der Waals surface area contributed by atoms with Crippen molar-refractivity contribution in [2.24, 2.45) is 68.0 Å². The predicted octanol–water partition coefficient (Wildman–Crippen LogP) is 10.2. The average molecular weight is 655 g/mol. The number of ketones is 1. The number of ether oxygens (including phenoxy) is 2. The van der Waals surface area contributed by atoms with Crippen LogP contribution < -0.4 is 0 Å². The molecular weight excluding hydrogens is 593 g/mol. The van der Waals surface area contributed by atoms with E-state index in [1.54, 1.807) is 0 Å². The van der Waals surface area contributed by atoms with Crippen LogP contribution in [0.2, 0.25) is 0 Å². The van der Waals surface area contributed by atoms with Crippen molar-refractivity contribution in [3.8, 4) is 0 Å². The molecule has 7 aliphatic carbocycles. The molecule has 0 aromatic rings. The Hall–Kier alpha value is -0.230. The maximum absolute atomic E-state index is 14.7. The Morgan fingerprint density at radius 3 is 1.62 bits per heavy atom. The highest BCUT2D eigenvalue weighted by molar-refractivity contribution is 8.08. The summed E-state index contributed by atoms with van der Waals surface area (Å²) < 4.78 is 14.0. The number of carbonyl (C=O) groups is 1. The van der Waals surface area contributed by atoms with Gasteiger partial charge in [0.25, 0.3) is 0 Å². The number of hydrogen-bond donors (Lipinski definition) is 0. The van der Waals surface area contributed by atoms with Gasteiger partial charge in [0.05, 0.1) is 30.3 Å². The van der Waals surface area contributed by atoms with E-state index < -0.39 is 0 Å². The number of allylic oxidation sites excluding steroid dienone is 4. The second-order valence-electron chi connectivity index (χ2n) is 20.4. The molecule has 0 saturated heterocycles. The Labute approximate surface area is 283 Å². The molecule has 0 spiro atoms. The Balaban J connectivity index is 1.26. The van der Waals surface area contributed by atoms with Crippen LogP contribution >= 0.6 is 23.5 Å². The first-order valence-electron chi connectivity index (χ1n) is 18.2. The summed E-state index contributed by atoms with van der Waals surface area (Å²) in [5.41, 5.74) is 0.993. The van der Waals surface area contributed by atoms with Gasteiger partial charge in [0.1, 0.15) is 0 Å². The SMILES string of the molecule is CC(C)(C)CO[C@@H]1[C@H](SC2=C(S[C@@H]3[C@H]4CC[C@@](C)([C@@H]3OCC(C)(C)C)C4(C)C)C3C4C=CC(C4)C3C2=O)[C@H]2CC[C@]1(C)C2(C)C. The van der Waals surface area contributed by atoms with Crippen LogP contribution in [0, 0.1) is 68.0 Å². The minimum Gasteiger partial charge on any atom is -0.376 e. The van der Waals surface area contributed by atoms with Crippen molar-refractivity contribution in [2.45, 2.75) is 138 Å². The first kappa shape index (κ1) is 33.3. The predicted molar refractivity (Wildman–Crippen MR) is 190 cm³/mol. The van der Waals surface area contributed by atoms with E-state index in [1.807, 2.05) is 11.8 Å². The molecule has 0 radical (unpaired) electrons. The highest BCUT2D eigenvalue weighted by Gasteiger charge is 2.70. The monoisotopic (exact) mass is 654 g/mol. The summed E-state index contributed by atoms with van der Waals surface area (Å²) in [5.74, 6) is 3.11. The zero-order valence-electron chi connectivity index (χ0n) is 30.4. The first-order chi connectivity index (χ1) is 20.7. The Bertz CT molecular complexity index is 1300. The molecule has 0 N–H and O–H groups in total. The third-order valence-corrected chi connectivity index (χ3v) is 18.0. The molecule has 5 heteroatoms. The van der Waals surface area contributed by atoms with Crippen LogP contribution in [0.25, 0.3) is 0 Å². The number of fused-ring (bicyclic) bond motifs is 9. The summed E-state index contributed by atoms with van der Waals surface area (Å²) in [6, 6.07) is 0. The fourth-order valence-electron chi connectivity index (χ4n) is 11.5. The molecule has 0 aromatic heterocycles. The second-order valence-corrected chi connectivity index (χ2v) is 22.8. The molecule has 252 valence electrons. The van der Waals surface area contributed by atoms with Crippen LogP contribution in [-0.4, -0.2) is 41.7 Å². The molecule has 7 aliphatic rings. The fraction of sp³-hybridized carbons (Fsp3) is 0.875. The molecule has 0 amide bonds. The summed E-state index contributed by atoms with van der Waals surface area (Å²) in [6.07, 6.45) is 11.4. The molecule has 12 atom stereocenters. The molecule has 0 aromatic carbocycles. The van der Waals surface area contributed by atoms with Crippen LogP contribution in [0.5, 0.6) is 0 Å². The number of carbonyl (C=O) groups excluding carboxylic acids is 1. The summed E-state index contributed by atoms with van der Waals surface area (Å²) in [7, 11) is 0. The highest BCUT2D eigenvalue weighted by atomic mass is 32.2. The van der Waals surface area contributed by atoms with Crippen molar-refractivity contribution in [2.75, 3.05) is 13.2 Å². The van der Waals surface area contributed by atoms with Gasteiger partial charge in [0.2, 0.25) is 0 Å². The number of Topliss-reactive ketones (excluding diaryl/α,β-unsaturated/α-hetero) is 1. The molecule has 45 heavy (non-hydrogen) atoms. The molecule has 4 unspecified atom stereocenters. The van der Waals surface area contributed by atoms with Crippen molar-refractivity contribution in [3.05, 3.63) is 22.0 Å². The smallest absolute Gasteiger partial charge is 0.174 e. The molecule has 5 saturated carbocycles. The van der Waals surface area contributed by atoms with Crippen molar-refractivity contribution in [1.29, 1.82) is 0 Å². The van der Waals surface area contributed by atoms with Gasteiger partial charge in [-0.15, -0.1) is 23.5 Å². The van der Waals surface area contributed by atoms with E-state index in [2.05, 4.69) is 107 Å². The van der Waals surface area contributed by atoms with E-state index in [0.717, 1.165) is 18.1 Å². The van der Waals surface area contributed by atoms with Crippen LogP contribution in [0.3, 0.4) is 0 Å². The molecule has 0 aliphatic heterocycles. The number of rotatable bonds is 8. The molecular formula is C40H62O3S2. The van der Waals surface area contributed by atoms with E-state index in [-0.39, 0.29) is 50.6 Å².